The van der Waals surface area contributed by atoms with Crippen LogP contribution in [0.5, 0.6) is 0 Å². The summed E-state index contributed by atoms with van der Waals surface area (Å²) in [5.74, 6) is -0.219. The SMILES string of the molecule is O=C1NN=C[N]c2ccccc21. The smallest absolute Gasteiger partial charge is 0.267 e. The van der Waals surface area contributed by atoms with Gasteiger partial charge in [-0.2, -0.15) is 5.10 Å². The van der Waals surface area contributed by atoms with Crippen LogP contribution in [0.4, 0.5) is 5.69 Å². The molecule has 4 heteroatoms. The van der Waals surface area contributed by atoms with E-state index in [9.17, 15) is 4.79 Å². The Bertz CT molecular complexity index is 346. The maximum Gasteiger partial charge on any atom is 0.273 e. The van der Waals surface area contributed by atoms with Crippen molar-refractivity contribution in [2.45, 2.75) is 0 Å². The predicted octanol–water partition coefficient (Wildman–Crippen LogP) is 0.609. The minimum atomic E-state index is -0.219. The van der Waals surface area contributed by atoms with Crippen molar-refractivity contribution in [1.29, 1.82) is 0 Å². The zero-order valence-electron chi connectivity index (χ0n) is 6.19. The van der Waals surface area contributed by atoms with Gasteiger partial charge in [-0.15, -0.1) is 0 Å². The Hall–Kier alpha value is -1.84. The first-order valence-corrected chi connectivity index (χ1v) is 3.50. The number of para-hydroxylation sites is 1. The normalized spacial score (nSPS) is 14.2. The Morgan fingerprint density at radius 1 is 1.25 bits per heavy atom. The first-order chi connectivity index (χ1) is 5.88. The first-order valence-electron chi connectivity index (χ1n) is 3.50. The van der Waals surface area contributed by atoms with E-state index in [1.54, 1.807) is 18.2 Å². The van der Waals surface area contributed by atoms with E-state index in [2.05, 4.69) is 15.8 Å². The number of carbonyl (C=O) groups excluding carboxylic acids is 1. The second-order valence-corrected chi connectivity index (χ2v) is 2.33. The number of amides is 1. The third kappa shape index (κ3) is 1.03. The highest BCUT2D eigenvalue weighted by molar-refractivity contribution is 6.00. The summed E-state index contributed by atoms with van der Waals surface area (Å²) in [7, 11) is 0. The molecule has 0 aromatic heterocycles. The van der Waals surface area contributed by atoms with Crippen LogP contribution in [0, 0.1) is 0 Å². The largest absolute Gasteiger partial charge is 0.273 e. The number of nitrogens with one attached hydrogen (secondary N) is 1. The maximum absolute atomic E-state index is 11.2. The zero-order chi connectivity index (χ0) is 8.39. The van der Waals surface area contributed by atoms with Crippen LogP contribution < -0.4 is 10.7 Å². The number of hydrazone groups is 1. The van der Waals surface area contributed by atoms with Crippen LogP contribution in [-0.4, -0.2) is 12.2 Å². The van der Waals surface area contributed by atoms with E-state index in [1.165, 1.54) is 6.34 Å². The van der Waals surface area contributed by atoms with E-state index in [4.69, 9.17) is 0 Å². The van der Waals surface area contributed by atoms with E-state index in [1.807, 2.05) is 6.07 Å². The average Bonchev–Trinajstić information content (AvgIpc) is 2.29. The third-order valence-corrected chi connectivity index (χ3v) is 1.57. The molecule has 0 atom stereocenters. The van der Waals surface area contributed by atoms with Crippen molar-refractivity contribution < 1.29 is 4.79 Å². The van der Waals surface area contributed by atoms with Gasteiger partial charge in [-0.1, -0.05) is 12.1 Å². The fourth-order valence-corrected chi connectivity index (χ4v) is 1.02. The Morgan fingerprint density at radius 2 is 2.08 bits per heavy atom. The summed E-state index contributed by atoms with van der Waals surface area (Å²) in [4.78, 5) is 11.2. The molecule has 12 heavy (non-hydrogen) atoms. The minimum absolute atomic E-state index is 0.219. The van der Waals surface area contributed by atoms with Gasteiger partial charge in [-0.25, -0.2) is 10.7 Å². The predicted molar refractivity (Wildman–Crippen MR) is 44.2 cm³/mol. The fraction of sp³-hybridized carbons (Fsp3) is 0. The summed E-state index contributed by atoms with van der Waals surface area (Å²) in [6, 6.07) is 7.10. The van der Waals surface area contributed by atoms with Gasteiger partial charge in [0.05, 0.1) is 11.3 Å². The summed E-state index contributed by atoms with van der Waals surface area (Å²) in [5, 5.41) is 7.54. The molecule has 1 aromatic carbocycles. The number of benzene rings is 1. The molecule has 1 amide bonds. The second-order valence-electron chi connectivity index (χ2n) is 2.33. The van der Waals surface area contributed by atoms with Gasteiger partial charge in [0.25, 0.3) is 5.91 Å². The Kier molecular flexibility index (Phi) is 1.51. The van der Waals surface area contributed by atoms with Crippen LogP contribution in [0.3, 0.4) is 0 Å². The molecule has 0 saturated carbocycles. The van der Waals surface area contributed by atoms with E-state index in [0.29, 0.717) is 11.3 Å². The molecular formula is C8H6N3O. The molecule has 1 heterocycles. The van der Waals surface area contributed by atoms with Crippen LogP contribution in [0.15, 0.2) is 29.4 Å². The van der Waals surface area contributed by atoms with Crippen LogP contribution in [-0.2, 0) is 0 Å². The van der Waals surface area contributed by atoms with Crippen LogP contribution in [0.25, 0.3) is 0 Å². The van der Waals surface area contributed by atoms with Crippen LogP contribution in [0.1, 0.15) is 10.4 Å². The summed E-state index contributed by atoms with van der Waals surface area (Å²) < 4.78 is 0. The van der Waals surface area contributed by atoms with Gasteiger partial charge in [0.1, 0.15) is 6.34 Å². The molecule has 1 N–H and O–H groups in total. The first kappa shape index (κ1) is 6.84. The molecular weight excluding hydrogens is 154 g/mol. The van der Waals surface area contributed by atoms with Gasteiger partial charge in [0, 0.05) is 0 Å². The number of hydrogen-bond acceptors (Lipinski definition) is 2. The fourth-order valence-electron chi connectivity index (χ4n) is 1.02. The number of fused-ring (bicyclic) bond motifs is 1. The van der Waals surface area contributed by atoms with Crippen molar-refractivity contribution in [3.05, 3.63) is 29.8 Å². The summed E-state index contributed by atoms with van der Waals surface area (Å²) in [6.07, 6.45) is 1.32. The number of carbonyl (C=O) groups is 1. The van der Waals surface area contributed by atoms with E-state index >= 15 is 0 Å². The molecule has 0 spiro atoms. The third-order valence-electron chi connectivity index (χ3n) is 1.57. The van der Waals surface area contributed by atoms with E-state index < -0.39 is 0 Å². The molecule has 1 aromatic rings. The van der Waals surface area contributed by atoms with Gasteiger partial charge in [-0.05, 0) is 12.1 Å². The van der Waals surface area contributed by atoms with Gasteiger partial charge >= 0.3 is 0 Å². The van der Waals surface area contributed by atoms with Crippen LogP contribution in [0.2, 0.25) is 0 Å². The van der Waals surface area contributed by atoms with Crippen molar-refractivity contribution in [2.75, 3.05) is 0 Å². The summed E-state index contributed by atoms with van der Waals surface area (Å²) in [6.45, 7) is 0. The Morgan fingerprint density at radius 3 is 3.00 bits per heavy atom. The monoisotopic (exact) mass is 160 g/mol. The molecule has 1 radical (unpaired) electrons. The highest BCUT2D eigenvalue weighted by Crippen LogP contribution is 2.14. The standard InChI is InChI=1S/C8H6N3O/c12-8-6-3-1-2-4-7(6)9-5-10-11-8/h1-5H,(H,11,12). The summed E-state index contributed by atoms with van der Waals surface area (Å²) in [5.41, 5.74) is 3.54. The lowest BCUT2D eigenvalue weighted by atomic mass is 10.2. The Labute approximate surface area is 69.3 Å². The number of rotatable bonds is 0. The zero-order valence-corrected chi connectivity index (χ0v) is 6.19. The molecule has 59 valence electrons. The molecule has 1 aliphatic heterocycles. The van der Waals surface area contributed by atoms with Gasteiger partial charge < -0.3 is 0 Å². The van der Waals surface area contributed by atoms with Crippen molar-refractivity contribution in [1.82, 2.24) is 10.7 Å². The second kappa shape index (κ2) is 2.65. The topological polar surface area (TPSA) is 55.6 Å². The lowest BCUT2D eigenvalue weighted by Crippen LogP contribution is -2.15. The molecule has 1 aliphatic rings. The molecule has 0 bridgehead atoms. The van der Waals surface area contributed by atoms with Crippen LogP contribution >= 0.6 is 0 Å². The highest BCUT2D eigenvalue weighted by atomic mass is 16.2. The molecule has 0 unspecified atom stereocenters. The van der Waals surface area contributed by atoms with Crippen molar-refractivity contribution >= 4 is 17.9 Å². The van der Waals surface area contributed by atoms with E-state index in [-0.39, 0.29) is 5.91 Å². The lowest BCUT2D eigenvalue weighted by molar-refractivity contribution is 0.0956. The van der Waals surface area contributed by atoms with Gasteiger partial charge in [0.2, 0.25) is 0 Å². The van der Waals surface area contributed by atoms with E-state index in [0.717, 1.165) is 0 Å². The molecule has 0 aliphatic carbocycles. The van der Waals surface area contributed by atoms with Crippen molar-refractivity contribution in [2.24, 2.45) is 5.10 Å². The summed E-state index contributed by atoms with van der Waals surface area (Å²) >= 11 is 0. The Balaban J connectivity index is 2.52. The highest BCUT2D eigenvalue weighted by Gasteiger charge is 2.11. The number of hydrogen-bond donors (Lipinski definition) is 1. The van der Waals surface area contributed by atoms with Gasteiger partial charge in [0.15, 0.2) is 0 Å². The quantitative estimate of drug-likeness (QED) is 0.594. The molecule has 0 saturated heterocycles. The molecule has 2 rings (SSSR count). The van der Waals surface area contributed by atoms with Crippen molar-refractivity contribution in [3.8, 4) is 0 Å². The molecule has 4 nitrogen and oxygen atoms in total. The molecule has 0 fully saturated rings. The number of nitrogens with zero attached hydrogens (tertiary/aromatic N) is 2. The maximum atomic E-state index is 11.2. The van der Waals surface area contributed by atoms with Crippen molar-refractivity contribution in [3.63, 3.8) is 0 Å². The van der Waals surface area contributed by atoms with Gasteiger partial charge in [-0.3, -0.25) is 4.79 Å². The average molecular weight is 160 g/mol. The lowest BCUT2D eigenvalue weighted by Gasteiger charge is -1.99. The minimum Gasteiger partial charge on any atom is -0.267 e.